The molecule has 37 heavy (non-hydrogen) atoms. The number of allylic oxidation sites excluding steroid dienone is 4. The Morgan fingerprint density at radius 3 is 1.46 bits per heavy atom. The molecule has 0 heterocycles. The summed E-state index contributed by atoms with van der Waals surface area (Å²) in [6.07, 6.45) is 3.36. The van der Waals surface area contributed by atoms with Gasteiger partial charge in [0.25, 0.3) is 0 Å². The average molecular weight is 629 g/mol. The van der Waals surface area contributed by atoms with Crippen molar-refractivity contribution < 1.29 is 55.8 Å². The molecular formula is C31H36Cl2NOSiZr. The van der Waals surface area contributed by atoms with Gasteiger partial charge in [-0.05, 0) is 31.9 Å². The van der Waals surface area contributed by atoms with E-state index in [0.717, 1.165) is 16.7 Å². The summed E-state index contributed by atoms with van der Waals surface area (Å²) in [5.74, 6) is -0.0324. The van der Waals surface area contributed by atoms with Crippen LogP contribution in [-0.4, -0.2) is 15.4 Å². The number of amides is 1. The molecule has 1 unspecified atom stereocenters. The third-order valence-corrected chi connectivity index (χ3v) is 7.51. The Morgan fingerprint density at radius 2 is 1.19 bits per heavy atom. The van der Waals surface area contributed by atoms with E-state index >= 15 is 0 Å². The van der Waals surface area contributed by atoms with Gasteiger partial charge in [-0.25, -0.2) is 5.57 Å². The van der Waals surface area contributed by atoms with Gasteiger partial charge in [0.05, 0.1) is 5.91 Å². The topological polar surface area (TPSA) is 40.9 Å². The van der Waals surface area contributed by atoms with Crippen LogP contribution in [0.25, 0.3) is 5.73 Å². The molecule has 0 spiro atoms. The van der Waals surface area contributed by atoms with E-state index in [1.807, 2.05) is 32.9 Å². The summed E-state index contributed by atoms with van der Waals surface area (Å²) in [7, 11) is 0.271. The summed E-state index contributed by atoms with van der Waals surface area (Å²) < 4.78 is 0. The van der Waals surface area contributed by atoms with Gasteiger partial charge in [0.2, 0.25) is 0 Å². The SMILES string of the molecule is CC1=[C-]C(C)C(C)=C1C.Cc1cc(C)c(C([NH-])=O)c(C)c1.[Cl-].[Cl-].[Zr+4].c1ccc([SiH]c2ccccc2)cc1. The molecule has 4 rings (SSSR count). The van der Waals surface area contributed by atoms with Gasteiger partial charge in [0, 0.05) is 5.56 Å². The van der Waals surface area contributed by atoms with Crippen LogP contribution >= 0.6 is 0 Å². The molecule has 3 aromatic carbocycles. The molecule has 0 saturated carbocycles. The van der Waals surface area contributed by atoms with E-state index < -0.39 is 5.91 Å². The molecule has 0 saturated heterocycles. The van der Waals surface area contributed by atoms with E-state index in [-0.39, 0.29) is 60.5 Å². The molecule has 1 atom stereocenters. The minimum absolute atomic E-state index is 0. The van der Waals surface area contributed by atoms with Crippen molar-refractivity contribution in [3.63, 3.8) is 0 Å². The third-order valence-electron chi connectivity index (χ3n) is 6.07. The van der Waals surface area contributed by atoms with E-state index in [0.29, 0.717) is 11.5 Å². The maximum Gasteiger partial charge on any atom is 4.00 e. The van der Waals surface area contributed by atoms with Gasteiger partial charge in [-0.2, -0.15) is 11.1 Å². The molecule has 0 bridgehead atoms. The smallest absolute Gasteiger partial charge is 1.00 e. The number of rotatable bonds is 3. The predicted octanol–water partition coefficient (Wildman–Crippen LogP) is 0.606. The van der Waals surface area contributed by atoms with Crippen LogP contribution in [0.1, 0.15) is 54.7 Å². The molecule has 1 aliphatic rings. The van der Waals surface area contributed by atoms with Gasteiger partial charge in [0.15, 0.2) is 0 Å². The number of hydrogen-bond acceptors (Lipinski definition) is 1. The van der Waals surface area contributed by atoms with Crippen molar-refractivity contribution in [2.75, 3.05) is 0 Å². The summed E-state index contributed by atoms with van der Waals surface area (Å²) >= 11 is 0. The molecule has 3 aromatic rings. The summed E-state index contributed by atoms with van der Waals surface area (Å²) in [6.45, 7) is 14.4. The Bertz CT molecular complexity index is 1120. The maximum absolute atomic E-state index is 10.9. The zero-order chi connectivity index (χ0) is 25.3. The number of hydrogen-bond donors (Lipinski definition) is 0. The van der Waals surface area contributed by atoms with Crippen molar-refractivity contribution in [1.29, 1.82) is 0 Å². The van der Waals surface area contributed by atoms with Gasteiger partial charge < -0.3 is 35.3 Å². The second-order valence-electron chi connectivity index (χ2n) is 8.87. The number of aryl methyl sites for hydroxylation is 3. The van der Waals surface area contributed by atoms with Crippen molar-refractivity contribution in [1.82, 2.24) is 0 Å². The van der Waals surface area contributed by atoms with Gasteiger partial charge in [0.1, 0.15) is 9.52 Å². The number of nitrogens with one attached hydrogen (secondary N) is 1. The second kappa shape index (κ2) is 18.5. The molecule has 193 valence electrons. The minimum Gasteiger partial charge on any atom is -1.00 e. The van der Waals surface area contributed by atoms with Gasteiger partial charge in [-0.1, -0.05) is 115 Å². The quantitative estimate of drug-likeness (QED) is 0.310. The van der Waals surface area contributed by atoms with Crippen LogP contribution in [0.5, 0.6) is 0 Å². The monoisotopic (exact) mass is 626 g/mol. The standard InChI is InChI=1S/C12H11Si.C10H13NO.C9H13.2ClH.Zr/c1-3-7-11(8-4-1)13-12-9-5-2-6-10-12;1-6-4-7(2)9(10(11)12)8(3)5-6;1-6-5-7(2)9(4)8(6)3;;;/h1-10,13H;4-5H,1-3H3,(H2,11,12);6H,1-4H3;2*1H;/q;;-1;;;+4/p-3. The van der Waals surface area contributed by atoms with Crippen LogP contribution in [0.2, 0.25) is 0 Å². The predicted molar refractivity (Wildman–Crippen MR) is 149 cm³/mol. The Hall–Kier alpha value is -1.71. The Morgan fingerprint density at radius 1 is 0.784 bits per heavy atom. The van der Waals surface area contributed by atoms with Crippen LogP contribution in [0.4, 0.5) is 0 Å². The molecule has 6 heteroatoms. The first-order chi connectivity index (χ1) is 16.1. The van der Waals surface area contributed by atoms with Gasteiger partial charge in [-0.3, -0.25) is 6.08 Å². The van der Waals surface area contributed by atoms with E-state index in [9.17, 15) is 4.79 Å². The minimum atomic E-state index is -0.593. The number of benzene rings is 3. The molecule has 0 aliphatic heterocycles. The largest absolute Gasteiger partial charge is 4.00 e. The second-order valence-corrected chi connectivity index (χ2v) is 10.5. The Labute approximate surface area is 258 Å². The van der Waals surface area contributed by atoms with E-state index in [1.54, 1.807) is 0 Å². The Balaban J connectivity index is 0. The van der Waals surface area contributed by atoms with E-state index in [1.165, 1.54) is 27.1 Å². The fourth-order valence-electron chi connectivity index (χ4n) is 3.99. The maximum atomic E-state index is 10.9. The zero-order valence-corrected chi connectivity index (χ0v) is 27.9. The molecule has 1 N–H and O–H groups in total. The summed E-state index contributed by atoms with van der Waals surface area (Å²) in [6, 6.07) is 25.2. The summed E-state index contributed by atoms with van der Waals surface area (Å²) in [4.78, 5) is 10.9. The number of carbonyl (C=O) groups is 1. The first kappa shape index (κ1) is 37.4. The van der Waals surface area contributed by atoms with Gasteiger partial charge in [-0.15, -0.1) is 6.92 Å². The first-order valence-electron chi connectivity index (χ1n) is 11.7. The molecule has 0 aromatic heterocycles. The van der Waals surface area contributed by atoms with Crippen molar-refractivity contribution in [3.05, 3.63) is 124 Å². The van der Waals surface area contributed by atoms with Crippen LogP contribution in [0, 0.1) is 32.8 Å². The zero-order valence-electron chi connectivity index (χ0n) is 22.7. The Kier molecular flexibility index (Phi) is 18.7. The molecule has 1 aliphatic carbocycles. The molecule has 0 fully saturated rings. The van der Waals surface area contributed by atoms with Crippen LogP contribution in [0.15, 0.2) is 89.5 Å². The number of halogens is 2. The number of carbonyl (C=O) groups excluding carboxylic acids is 1. The van der Waals surface area contributed by atoms with Crippen molar-refractivity contribution >= 4 is 25.8 Å². The van der Waals surface area contributed by atoms with Crippen LogP contribution < -0.4 is 35.2 Å². The van der Waals surface area contributed by atoms with Crippen LogP contribution in [0.3, 0.4) is 0 Å². The third kappa shape index (κ3) is 12.1. The summed E-state index contributed by atoms with van der Waals surface area (Å²) in [5.41, 5.74) is 14.7. The van der Waals surface area contributed by atoms with Crippen molar-refractivity contribution in [3.8, 4) is 0 Å². The molecular weight excluding hydrogens is 593 g/mol. The van der Waals surface area contributed by atoms with Crippen molar-refractivity contribution in [2.45, 2.75) is 48.5 Å². The van der Waals surface area contributed by atoms with Crippen LogP contribution in [-0.2, 0) is 26.2 Å². The molecule has 2 nitrogen and oxygen atoms in total. The normalized spacial score (nSPS) is 13.3. The van der Waals surface area contributed by atoms with Gasteiger partial charge >= 0.3 is 26.2 Å². The summed E-state index contributed by atoms with van der Waals surface area (Å²) in [5, 5.41) is 2.90. The van der Waals surface area contributed by atoms with E-state index in [2.05, 4.69) is 94.4 Å². The average Bonchev–Trinajstić information content (AvgIpc) is 3.00. The van der Waals surface area contributed by atoms with Crippen molar-refractivity contribution in [2.24, 2.45) is 5.92 Å². The molecule has 1 amide bonds. The fourth-order valence-corrected chi connectivity index (χ4v) is 5.21. The molecule has 1 radical (unpaired) electrons. The first-order valence-corrected chi connectivity index (χ1v) is 12.8. The van der Waals surface area contributed by atoms with E-state index in [4.69, 9.17) is 5.73 Å². The fraction of sp³-hybridized carbons (Fsp3) is 0.258.